The molecule has 2 aromatic rings. The maximum Gasteiger partial charge on any atom is 0.331 e. The topological polar surface area (TPSA) is 64.6 Å². The molecule has 0 aliphatic rings. The molecular weight excluding hydrogens is 342 g/mol. The molecule has 0 unspecified atom stereocenters. The van der Waals surface area contributed by atoms with E-state index < -0.39 is 5.97 Å². The molecule has 1 N–H and O–H groups in total. The molecule has 5 nitrogen and oxygen atoms in total. The summed E-state index contributed by atoms with van der Waals surface area (Å²) in [5.74, 6) is -0.200. The van der Waals surface area contributed by atoms with E-state index in [1.165, 1.54) is 6.08 Å². The number of carbonyl (C=O) groups is 2. The second-order valence-corrected chi connectivity index (χ2v) is 6.16. The van der Waals surface area contributed by atoms with Crippen LogP contribution in [0.3, 0.4) is 0 Å². The average molecular weight is 367 g/mol. The molecule has 0 heterocycles. The number of rotatable bonds is 8. The van der Waals surface area contributed by atoms with Crippen molar-refractivity contribution in [1.82, 2.24) is 5.32 Å². The highest BCUT2D eigenvalue weighted by atomic mass is 16.5. The van der Waals surface area contributed by atoms with E-state index in [9.17, 15) is 9.59 Å². The highest BCUT2D eigenvalue weighted by Crippen LogP contribution is 2.17. The first-order valence-electron chi connectivity index (χ1n) is 8.86. The first-order valence-corrected chi connectivity index (χ1v) is 8.86. The van der Waals surface area contributed by atoms with Gasteiger partial charge in [-0.2, -0.15) is 0 Å². The fourth-order valence-corrected chi connectivity index (χ4v) is 2.55. The Hall–Kier alpha value is -3.08. The zero-order valence-corrected chi connectivity index (χ0v) is 15.9. The molecule has 0 aliphatic heterocycles. The average Bonchev–Trinajstić information content (AvgIpc) is 2.69. The lowest BCUT2D eigenvalue weighted by Crippen LogP contribution is -2.32. The molecule has 27 heavy (non-hydrogen) atoms. The van der Waals surface area contributed by atoms with Crippen LogP contribution in [0.1, 0.15) is 36.1 Å². The summed E-state index contributed by atoms with van der Waals surface area (Å²) in [6.45, 7) is 3.69. The monoisotopic (exact) mass is 367 g/mol. The van der Waals surface area contributed by atoms with Crippen molar-refractivity contribution in [3.05, 3.63) is 71.3 Å². The van der Waals surface area contributed by atoms with Gasteiger partial charge in [0.05, 0.1) is 13.2 Å². The van der Waals surface area contributed by atoms with E-state index in [4.69, 9.17) is 9.47 Å². The predicted octanol–water partition coefficient (Wildman–Crippen LogP) is 3.83. The van der Waals surface area contributed by atoms with Crippen LogP contribution in [0.25, 0.3) is 6.08 Å². The van der Waals surface area contributed by atoms with E-state index in [1.54, 1.807) is 19.3 Å². The lowest BCUT2D eigenvalue weighted by molar-refractivity contribution is -0.144. The summed E-state index contributed by atoms with van der Waals surface area (Å²) in [6.07, 6.45) is 3.65. The Kier molecular flexibility index (Phi) is 7.62. The molecule has 5 heteroatoms. The van der Waals surface area contributed by atoms with Gasteiger partial charge in [0.15, 0.2) is 6.61 Å². The first kappa shape index (κ1) is 20.2. The normalized spacial score (nSPS) is 11.8. The van der Waals surface area contributed by atoms with Gasteiger partial charge in [-0.05, 0) is 42.7 Å². The Balaban J connectivity index is 1.83. The molecule has 1 atom stereocenters. The van der Waals surface area contributed by atoms with Crippen LogP contribution in [0.15, 0.2) is 54.6 Å². The summed E-state index contributed by atoms with van der Waals surface area (Å²) in [5.41, 5.74) is 3.00. The highest BCUT2D eigenvalue weighted by molar-refractivity contribution is 5.89. The van der Waals surface area contributed by atoms with E-state index in [0.29, 0.717) is 5.75 Å². The van der Waals surface area contributed by atoms with Gasteiger partial charge in [0.2, 0.25) is 0 Å². The van der Waals surface area contributed by atoms with E-state index >= 15 is 0 Å². The molecule has 0 fully saturated rings. The summed E-state index contributed by atoms with van der Waals surface area (Å²) in [5, 5.41) is 2.89. The standard InChI is InChI=1S/C22H25NO4/c1-4-20(18-11-8-16(2)9-12-18)23-21(24)15-27-22(25)13-10-17-6-5-7-19(14-17)26-3/h5-14,20H,4,15H2,1-3H3,(H,23,24)/b13-10+/t20-/m1/s1. The highest BCUT2D eigenvalue weighted by Gasteiger charge is 2.13. The van der Waals surface area contributed by atoms with Crippen LogP contribution < -0.4 is 10.1 Å². The third kappa shape index (κ3) is 6.62. The van der Waals surface area contributed by atoms with Crippen molar-refractivity contribution in [3.63, 3.8) is 0 Å². The number of esters is 1. The quantitative estimate of drug-likeness (QED) is 0.569. The Morgan fingerprint density at radius 2 is 1.89 bits per heavy atom. The lowest BCUT2D eigenvalue weighted by atomic mass is 10.0. The first-order chi connectivity index (χ1) is 13.0. The molecule has 0 spiro atoms. The van der Waals surface area contributed by atoms with Gasteiger partial charge in [-0.25, -0.2) is 4.79 Å². The summed E-state index contributed by atoms with van der Waals surface area (Å²) >= 11 is 0. The van der Waals surface area contributed by atoms with Crippen LogP contribution in [0.2, 0.25) is 0 Å². The molecule has 0 aromatic heterocycles. The molecule has 0 radical (unpaired) electrons. The maximum atomic E-state index is 12.1. The Morgan fingerprint density at radius 1 is 1.15 bits per heavy atom. The Bertz CT molecular complexity index is 796. The third-order valence-electron chi connectivity index (χ3n) is 4.07. The number of ether oxygens (including phenoxy) is 2. The number of hydrogen-bond acceptors (Lipinski definition) is 4. The van der Waals surface area contributed by atoms with Gasteiger partial charge in [-0.3, -0.25) is 4.79 Å². The molecule has 0 saturated heterocycles. The second kappa shape index (κ2) is 10.2. The van der Waals surface area contributed by atoms with Crippen molar-refractivity contribution in [2.75, 3.05) is 13.7 Å². The SMILES string of the molecule is CC[C@@H](NC(=O)COC(=O)/C=C/c1cccc(OC)c1)c1ccc(C)cc1. The van der Waals surface area contributed by atoms with Crippen molar-refractivity contribution in [1.29, 1.82) is 0 Å². The predicted molar refractivity (Wildman–Crippen MR) is 105 cm³/mol. The Morgan fingerprint density at radius 3 is 2.56 bits per heavy atom. The van der Waals surface area contributed by atoms with Crippen LogP contribution in [-0.2, 0) is 14.3 Å². The van der Waals surface area contributed by atoms with Gasteiger partial charge < -0.3 is 14.8 Å². The van der Waals surface area contributed by atoms with Crippen molar-refractivity contribution in [2.45, 2.75) is 26.3 Å². The number of carbonyl (C=O) groups excluding carboxylic acids is 2. The molecule has 1 amide bonds. The Labute approximate surface area is 160 Å². The van der Waals surface area contributed by atoms with Crippen LogP contribution >= 0.6 is 0 Å². The van der Waals surface area contributed by atoms with Crippen molar-refractivity contribution in [2.24, 2.45) is 0 Å². The number of hydrogen-bond donors (Lipinski definition) is 1. The summed E-state index contributed by atoms with van der Waals surface area (Å²) in [7, 11) is 1.58. The van der Waals surface area contributed by atoms with Crippen molar-refractivity contribution in [3.8, 4) is 5.75 Å². The molecule has 0 bridgehead atoms. The van der Waals surface area contributed by atoms with Crippen molar-refractivity contribution < 1.29 is 19.1 Å². The largest absolute Gasteiger partial charge is 0.497 e. The summed E-state index contributed by atoms with van der Waals surface area (Å²) < 4.78 is 10.1. The maximum absolute atomic E-state index is 12.1. The zero-order chi connectivity index (χ0) is 19.6. The minimum atomic E-state index is -0.573. The number of methoxy groups -OCH3 is 1. The molecule has 2 rings (SSSR count). The lowest BCUT2D eigenvalue weighted by Gasteiger charge is -2.17. The van der Waals surface area contributed by atoms with Gasteiger partial charge in [0, 0.05) is 6.08 Å². The number of amides is 1. The molecule has 0 saturated carbocycles. The molecular formula is C22H25NO4. The van der Waals surface area contributed by atoms with Gasteiger partial charge in [0.25, 0.3) is 5.91 Å². The second-order valence-electron chi connectivity index (χ2n) is 6.16. The van der Waals surface area contributed by atoms with Crippen LogP contribution in [-0.4, -0.2) is 25.6 Å². The van der Waals surface area contributed by atoms with Crippen LogP contribution in [0.4, 0.5) is 0 Å². The van der Waals surface area contributed by atoms with Gasteiger partial charge in [-0.15, -0.1) is 0 Å². The van der Waals surface area contributed by atoms with E-state index in [1.807, 2.05) is 56.3 Å². The number of benzene rings is 2. The fraction of sp³-hybridized carbons (Fsp3) is 0.273. The minimum absolute atomic E-state index is 0.107. The minimum Gasteiger partial charge on any atom is -0.497 e. The molecule has 0 aliphatic carbocycles. The van der Waals surface area contributed by atoms with Gasteiger partial charge in [-0.1, -0.05) is 48.9 Å². The zero-order valence-electron chi connectivity index (χ0n) is 15.9. The number of nitrogens with one attached hydrogen (secondary N) is 1. The van der Waals surface area contributed by atoms with Crippen LogP contribution in [0.5, 0.6) is 5.75 Å². The summed E-state index contributed by atoms with van der Waals surface area (Å²) in [6, 6.07) is 15.2. The van der Waals surface area contributed by atoms with Crippen molar-refractivity contribution >= 4 is 18.0 Å². The van der Waals surface area contributed by atoms with Gasteiger partial charge >= 0.3 is 5.97 Å². The van der Waals surface area contributed by atoms with E-state index in [-0.39, 0.29) is 18.6 Å². The van der Waals surface area contributed by atoms with Gasteiger partial charge in [0.1, 0.15) is 5.75 Å². The summed E-state index contributed by atoms with van der Waals surface area (Å²) in [4.78, 5) is 23.9. The van der Waals surface area contributed by atoms with E-state index in [0.717, 1.165) is 23.1 Å². The smallest absolute Gasteiger partial charge is 0.331 e. The number of aryl methyl sites for hydroxylation is 1. The fourth-order valence-electron chi connectivity index (χ4n) is 2.55. The molecule has 2 aromatic carbocycles. The van der Waals surface area contributed by atoms with E-state index in [2.05, 4.69) is 5.32 Å². The molecule has 142 valence electrons. The third-order valence-corrected chi connectivity index (χ3v) is 4.07. The van der Waals surface area contributed by atoms with Crippen LogP contribution in [0, 0.1) is 6.92 Å².